The van der Waals surface area contributed by atoms with E-state index < -0.39 is 0 Å². The third kappa shape index (κ3) is 2.23. The van der Waals surface area contributed by atoms with Crippen molar-refractivity contribution < 1.29 is 0 Å². The van der Waals surface area contributed by atoms with Crippen LogP contribution >= 0.6 is 0 Å². The van der Waals surface area contributed by atoms with Crippen LogP contribution in [0.25, 0.3) is 0 Å². The standard InChI is InChI=1S/C12H20/c1-5-10-7-6-8-11(9-10)12(2,3)4/h5-7,10-11H,1,8-9H2,2-4H3. The third-order valence-electron chi connectivity index (χ3n) is 2.89. The van der Waals surface area contributed by atoms with Gasteiger partial charge in [-0.25, -0.2) is 0 Å². The van der Waals surface area contributed by atoms with Gasteiger partial charge in [0.2, 0.25) is 0 Å². The predicted octanol–water partition coefficient (Wildman–Crippen LogP) is 3.80. The second kappa shape index (κ2) is 3.47. The topological polar surface area (TPSA) is 0 Å². The predicted molar refractivity (Wildman–Crippen MR) is 55.0 cm³/mol. The van der Waals surface area contributed by atoms with Gasteiger partial charge in [0.25, 0.3) is 0 Å². The lowest BCUT2D eigenvalue weighted by Crippen LogP contribution is -2.23. The Morgan fingerprint density at radius 1 is 1.42 bits per heavy atom. The summed E-state index contributed by atoms with van der Waals surface area (Å²) in [5.41, 5.74) is 0.450. The van der Waals surface area contributed by atoms with Crippen LogP contribution < -0.4 is 0 Å². The van der Waals surface area contributed by atoms with Crippen LogP contribution in [-0.2, 0) is 0 Å². The number of hydrogen-bond acceptors (Lipinski definition) is 0. The molecular weight excluding hydrogens is 144 g/mol. The Kier molecular flexibility index (Phi) is 2.76. The van der Waals surface area contributed by atoms with Gasteiger partial charge in [-0.05, 0) is 30.1 Å². The molecule has 0 amide bonds. The number of allylic oxidation sites excluding steroid dienone is 3. The van der Waals surface area contributed by atoms with E-state index in [-0.39, 0.29) is 0 Å². The van der Waals surface area contributed by atoms with Crippen LogP contribution in [0.5, 0.6) is 0 Å². The Balaban J connectivity index is 2.62. The Hall–Kier alpha value is -0.520. The second-order valence-electron chi connectivity index (χ2n) is 4.86. The fraction of sp³-hybridized carbons (Fsp3) is 0.667. The van der Waals surface area contributed by atoms with Crippen LogP contribution in [0.4, 0.5) is 0 Å². The molecule has 0 aromatic heterocycles. The van der Waals surface area contributed by atoms with Gasteiger partial charge in [-0.2, -0.15) is 0 Å². The van der Waals surface area contributed by atoms with Crippen LogP contribution in [0.1, 0.15) is 33.6 Å². The molecule has 0 fully saturated rings. The third-order valence-corrected chi connectivity index (χ3v) is 2.89. The maximum Gasteiger partial charge on any atom is -0.00532 e. The van der Waals surface area contributed by atoms with Gasteiger partial charge in [0.05, 0.1) is 0 Å². The lowest BCUT2D eigenvalue weighted by atomic mass is 9.72. The lowest BCUT2D eigenvalue weighted by molar-refractivity contribution is 0.210. The minimum Gasteiger partial charge on any atom is -0.102 e. The quantitative estimate of drug-likeness (QED) is 0.517. The molecule has 2 atom stereocenters. The first-order chi connectivity index (χ1) is 5.54. The summed E-state index contributed by atoms with van der Waals surface area (Å²) in [7, 11) is 0. The highest BCUT2D eigenvalue weighted by atomic mass is 14.3. The van der Waals surface area contributed by atoms with Crippen molar-refractivity contribution in [1.29, 1.82) is 0 Å². The molecule has 1 aliphatic rings. The summed E-state index contributed by atoms with van der Waals surface area (Å²) in [5, 5.41) is 0. The first-order valence-corrected chi connectivity index (χ1v) is 4.83. The molecule has 0 saturated carbocycles. The molecule has 0 aromatic rings. The minimum absolute atomic E-state index is 0.450. The average Bonchev–Trinajstić information content (AvgIpc) is 2.03. The molecule has 1 rings (SSSR count). The first-order valence-electron chi connectivity index (χ1n) is 4.83. The van der Waals surface area contributed by atoms with E-state index in [1.54, 1.807) is 0 Å². The van der Waals surface area contributed by atoms with Crippen molar-refractivity contribution in [2.75, 3.05) is 0 Å². The molecule has 0 nitrogen and oxygen atoms in total. The maximum atomic E-state index is 3.85. The molecule has 0 spiro atoms. The summed E-state index contributed by atoms with van der Waals surface area (Å²) in [5.74, 6) is 1.44. The smallest absolute Gasteiger partial charge is 0.00532 e. The lowest BCUT2D eigenvalue weighted by Gasteiger charge is -2.34. The maximum absolute atomic E-state index is 3.85. The molecule has 0 radical (unpaired) electrons. The summed E-state index contributed by atoms with van der Waals surface area (Å²) in [6.07, 6.45) is 9.19. The van der Waals surface area contributed by atoms with Crippen molar-refractivity contribution in [3.63, 3.8) is 0 Å². The first kappa shape index (κ1) is 9.57. The fourth-order valence-corrected chi connectivity index (χ4v) is 1.80. The molecule has 12 heavy (non-hydrogen) atoms. The second-order valence-corrected chi connectivity index (χ2v) is 4.86. The van der Waals surface area contributed by atoms with Gasteiger partial charge in [0.15, 0.2) is 0 Å². The molecule has 0 heteroatoms. The Morgan fingerprint density at radius 2 is 2.08 bits per heavy atom. The summed E-state index contributed by atoms with van der Waals surface area (Å²) in [6, 6.07) is 0. The summed E-state index contributed by atoms with van der Waals surface area (Å²) in [6.45, 7) is 10.8. The Morgan fingerprint density at radius 3 is 2.58 bits per heavy atom. The molecule has 0 bridgehead atoms. The van der Waals surface area contributed by atoms with E-state index >= 15 is 0 Å². The van der Waals surface area contributed by atoms with E-state index in [4.69, 9.17) is 0 Å². The summed E-state index contributed by atoms with van der Waals surface area (Å²) < 4.78 is 0. The molecular formula is C12H20. The Bertz CT molecular complexity index is 181. The van der Waals surface area contributed by atoms with Crippen LogP contribution in [0.2, 0.25) is 0 Å². The van der Waals surface area contributed by atoms with Gasteiger partial charge in [0, 0.05) is 0 Å². The van der Waals surface area contributed by atoms with E-state index in [1.807, 2.05) is 0 Å². The van der Waals surface area contributed by atoms with Gasteiger partial charge >= 0.3 is 0 Å². The van der Waals surface area contributed by atoms with E-state index in [0.717, 1.165) is 5.92 Å². The van der Waals surface area contributed by atoms with Crippen molar-refractivity contribution in [3.8, 4) is 0 Å². The van der Waals surface area contributed by atoms with Crippen molar-refractivity contribution in [1.82, 2.24) is 0 Å². The van der Waals surface area contributed by atoms with Crippen molar-refractivity contribution in [2.45, 2.75) is 33.6 Å². The molecule has 0 aromatic carbocycles. The highest BCUT2D eigenvalue weighted by Gasteiger charge is 2.26. The SMILES string of the molecule is C=CC1C=CCC(C(C)(C)C)C1. The highest BCUT2D eigenvalue weighted by molar-refractivity contribution is 5.04. The molecule has 0 heterocycles. The van der Waals surface area contributed by atoms with Crippen LogP contribution in [0.3, 0.4) is 0 Å². The fourth-order valence-electron chi connectivity index (χ4n) is 1.80. The van der Waals surface area contributed by atoms with E-state index in [9.17, 15) is 0 Å². The van der Waals surface area contributed by atoms with E-state index in [2.05, 4.69) is 45.6 Å². The molecule has 68 valence electrons. The Labute approximate surface area is 76.4 Å². The molecule has 0 saturated heterocycles. The minimum atomic E-state index is 0.450. The molecule has 0 N–H and O–H groups in total. The molecule has 1 aliphatic carbocycles. The van der Waals surface area contributed by atoms with Gasteiger partial charge in [-0.15, -0.1) is 6.58 Å². The monoisotopic (exact) mass is 164 g/mol. The largest absolute Gasteiger partial charge is 0.102 e. The molecule has 2 unspecified atom stereocenters. The zero-order valence-corrected chi connectivity index (χ0v) is 8.51. The van der Waals surface area contributed by atoms with Crippen molar-refractivity contribution in [3.05, 3.63) is 24.8 Å². The molecule has 0 aliphatic heterocycles. The van der Waals surface area contributed by atoms with Crippen LogP contribution in [0.15, 0.2) is 24.8 Å². The van der Waals surface area contributed by atoms with Crippen molar-refractivity contribution in [2.24, 2.45) is 17.3 Å². The average molecular weight is 164 g/mol. The van der Waals surface area contributed by atoms with Gasteiger partial charge in [-0.3, -0.25) is 0 Å². The number of hydrogen-bond donors (Lipinski definition) is 0. The van der Waals surface area contributed by atoms with Gasteiger partial charge in [0.1, 0.15) is 0 Å². The normalized spacial score (nSPS) is 30.2. The highest BCUT2D eigenvalue weighted by Crippen LogP contribution is 2.37. The summed E-state index contributed by atoms with van der Waals surface area (Å²) >= 11 is 0. The zero-order valence-electron chi connectivity index (χ0n) is 8.51. The number of rotatable bonds is 1. The van der Waals surface area contributed by atoms with E-state index in [1.165, 1.54) is 12.8 Å². The summed E-state index contributed by atoms with van der Waals surface area (Å²) in [4.78, 5) is 0. The van der Waals surface area contributed by atoms with Crippen molar-refractivity contribution >= 4 is 0 Å². The van der Waals surface area contributed by atoms with E-state index in [0.29, 0.717) is 11.3 Å². The van der Waals surface area contributed by atoms with Gasteiger partial charge < -0.3 is 0 Å². The van der Waals surface area contributed by atoms with Crippen LogP contribution in [0, 0.1) is 17.3 Å². The zero-order chi connectivity index (χ0) is 9.19. The van der Waals surface area contributed by atoms with Crippen LogP contribution in [-0.4, -0.2) is 0 Å². The van der Waals surface area contributed by atoms with Gasteiger partial charge in [-0.1, -0.05) is 39.0 Å².